The largest absolute Gasteiger partial charge is 0.493 e. The predicted octanol–water partition coefficient (Wildman–Crippen LogP) is 3.15. The number of ether oxygens (including phenoxy) is 3. The van der Waals surface area contributed by atoms with Crippen molar-refractivity contribution >= 4 is 11.6 Å². The molecule has 0 aliphatic heterocycles. The molecule has 0 saturated carbocycles. The molecular weight excluding hydrogens is 334 g/mol. The minimum atomic E-state index is -0.290. The maximum atomic E-state index is 12.5. The zero-order valence-electron chi connectivity index (χ0n) is 14.7. The van der Waals surface area contributed by atoms with E-state index in [1.165, 1.54) is 27.5 Å². The van der Waals surface area contributed by atoms with E-state index in [9.17, 15) is 4.79 Å². The number of hydrogen-bond acceptors (Lipinski definition) is 5. The van der Waals surface area contributed by atoms with E-state index in [2.05, 4.69) is 10.4 Å². The molecule has 0 fully saturated rings. The van der Waals surface area contributed by atoms with Gasteiger partial charge < -0.3 is 19.5 Å². The summed E-state index contributed by atoms with van der Waals surface area (Å²) in [6, 6.07) is 12.9. The molecule has 0 bridgehead atoms. The quantitative estimate of drug-likeness (QED) is 0.737. The lowest BCUT2D eigenvalue weighted by molar-refractivity contribution is 0.102. The van der Waals surface area contributed by atoms with Gasteiger partial charge in [-0.3, -0.25) is 4.79 Å². The highest BCUT2D eigenvalue weighted by molar-refractivity contribution is 6.04. The molecule has 0 aliphatic carbocycles. The monoisotopic (exact) mass is 353 g/mol. The van der Waals surface area contributed by atoms with Crippen LogP contribution in [-0.2, 0) is 0 Å². The summed E-state index contributed by atoms with van der Waals surface area (Å²) in [6.07, 6.45) is 3.18. The number of methoxy groups -OCH3 is 3. The Morgan fingerprint density at radius 3 is 2.23 bits per heavy atom. The number of para-hydroxylation sites is 1. The van der Waals surface area contributed by atoms with Crippen LogP contribution in [0, 0.1) is 0 Å². The van der Waals surface area contributed by atoms with Crippen LogP contribution in [-0.4, -0.2) is 37.0 Å². The highest BCUT2D eigenvalue weighted by atomic mass is 16.5. The predicted molar refractivity (Wildman–Crippen MR) is 97.6 cm³/mol. The zero-order chi connectivity index (χ0) is 18.5. The summed E-state index contributed by atoms with van der Waals surface area (Å²) in [6.45, 7) is 0. The lowest BCUT2D eigenvalue weighted by Crippen LogP contribution is -2.11. The van der Waals surface area contributed by atoms with Crippen LogP contribution < -0.4 is 19.5 Å². The number of nitrogens with one attached hydrogen (secondary N) is 1. The highest BCUT2D eigenvalue weighted by Gasteiger charge is 2.16. The van der Waals surface area contributed by atoms with Crippen molar-refractivity contribution in [3.8, 4) is 22.9 Å². The van der Waals surface area contributed by atoms with Crippen molar-refractivity contribution < 1.29 is 19.0 Å². The van der Waals surface area contributed by atoms with Gasteiger partial charge in [-0.15, -0.1) is 0 Å². The molecule has 7 nitrogen and oxygen atoms in total. The van der Waals surface area contributed by atoms with E-state index in [-0.39, 0.29) is 5.91 Å². The maximum absolute atomic E-state index is 12.5. The second-order valence-electron chi connectivity index (χ2n) is 5.38. The normalized spacial score (nSPS) is 10.3. The van der Waals surface area contributed by atoms with Gasteiger partial charge in [-0.05, 0) is 12.1 Å². The number of hydrogen-bond donors (Lipinski definition) is 1. The SMILES string of the molecule is COc1cc(NC(=O)c2cnn(-c3ccccc3)c2)cc(OC)c1OC. The Bertz CT molecular complexity index is 881. The summed E-state index contributed by atoms with van der Waals surface area (Å²) in [7, 11) is 4.57. The van der Waals surface area contributed by atoms with Gasteiger partial charge in [0.15, 0.2) is 11.5 Å². The van der Waals surface area contributed by atoms with Crippen LogP contribution in [0.4, 0.5) is 5.69 Å². The van der Waals surface area contributed by atoms with E-state index >= 15 is 0 Å². The van der Waals surface area contributed by atoms with Crippen LogP contribution in [0.1, 0.15) is 10.4 Å². The van der Waals surface area contributed by atoms with Crippen molar-refractivity contribution in [2.24, 2.45) is 0 Å². The average Bonchev–Trinajstić information content (AvgIpc) is 3.18. The molecule has 1 amide bonds. The molecule has 3 aromatic rings. The number of aromatic nitrogens is 2. The Morgan fingerprint density at radius 2 is 1.65 bits per heavy atom. The van der Waals surface area contributed by atoms with Crippen LogP contribution in [0.2, 0.25) is 0 Å². The van der Waals surface area contributed by atoms with Crippen molar-refractivity contribution in [2.45, 2.75) is 0 Å². The standard InChI is InChI=1S/C19H19N3O4/c1-24-16-9-14(10-17(25-2)18(16)26-3)21-19(23)13-11-20-22(12-13)15-7-5-4-6-8-15/h4-12H,1-3H3,(H,21,23). The van der Waals surface area contributed by atoms with Crippen LogP contribution in [0.15, 0.2) is 54.9 Å². The smallest absolute Gasteiger partial charge is 0.258 e. The minimum absolute atomic E-state index is 0.290. The van der Waals surface area contributed by atoms with Gasteiger partial charge in [0, 0.05) is 24.0 Å². The first-order chi connectivity index (χ1) is 12.7. The van der Waals surface area contributed by atoms with E-state index in [0.717, 1.165) is 5.69 Å². The molecule has 0 atom stereocenters. The lowest BCUT2D eigenvalue weighted by Gasteiger charge is -2.14. The molecule has 1 N–H and O–H groups in total. The Kier molecular flexibility index (Phi) is 5.07. The molecule has 0 aliphatic rings. The Labute approximate surface area is 151 Å². The molecule has 1 heterocycles. The molecule has 0 spiro atoms. The number of amides is 1. The van der Waals surface area contributed by atoms with Gasteiger partial charge in [-0.1, -0.05) is 18.2 Å². The van der Waals surface area contributed by atoms with E-state index in [1.54, 1.807) is 23.0 Å². The first kappa shape index (κ1) is 17.3. The van der Waals surface area contributed by atoms with E-state index in [1.807, 2.05) is 30.3 Å². The topological polar surface area (TPSA) is 74.6 Å². The van der Waals surface area contributed by atoms with Crippen LogP contribution in [0.3, 0.4) is 0 Å². The zero-order valence-corrected chi connectivity index (χ0v) is 14.7. The first-order valence-corrected chi connectivity index (χ1v) is 7.87. The number of carbonyl (C=O) groups excluding carboxylic acids is 1. The third kappa shape index (κ3) is 3.46. The molecule has 0 radical (unpaired) electrons. The summed E-state index contributed by atoms with van der Waals surface area (Å²) in [5.41, 5.74) is 1.83. The second-order valence-corrected chi connectivity index (χ2v) is 5.38. The fraction of sp³-hybridized carbons (Fsp3) is 0.158. The third-order valence-electron chi connectivity index (χ3n) is 3.79. The summed E-state index contributed by atoms with van der Waals surface area (Å²) >= 11 is 0. The molecular formula is C19H19N3O4. The lowest BCUT2D eigenvalue weighted by atomic mass is 10.2. The number of benzene rings is 2. The van der Waals surface area contributed by atoms with E-state index in [0.29, 0.717) is 28.5 Å². The molecule has 1 aromatic heterocycles. The molecule has 26 heavy (non-hydrogen) atoms. The molecule has 134 valence electrons. The van der Waals surface area contributed by atoms with Crippen LogP contribution >= 0.6 is 0 Å². The van der Waals surface area contributed by atoms with Gasteiger partial charge in [-0.2, -0.15) is 5.10 Å². The fourth-order valence-electron chi connectivity index (χ4n) is 2.52. The summed E-state index contributed by atoms with van der Waals surface area (Å²) in [5, 5.41) is 7.05. The number of carbonyl (C=O) groups is 1. The molecule has 2 aromatic carbocycles. The van der Waals surface area contributed by atoms with Crippen molar-refractivity contribution in [1.82, 2.24) is 9.78 Å². The highest BCUT2D eigenvalue weighted by Crippen LogP contribution is 2.40. The number of anilines is 1. The number of rotatable bonds is 6. The van der Waals surface area contributed by atoms with Gasteiger partial charge in [-0.25, -0.2) is 4.68 Å². The van der Waals surface area contributed by atoms with Crippen molar-refractivity contribution in [1.29, 1.82) is 0 Å². The van der Waals surface area contributed by atoms with Gasteiger partial charge in [0.05, 0.1) is 38.8 Å². The van der Waals surface area contributed by atoms with Gasteiger partial charge >= 0.3 is 0 Å². The minimum Gasteiger partial charge on any atom is -0.493 e. The average molecular weight is 353 g/mol. The Balaban J connectivity index is 1.83. The van der Waals surface area contributed by atoms with Crippen molar-refractivity contribution in [2.75, 3.05) is 26.6 Å². The summed E-state index contributed by atoms with van der Waals surface area (Å²) < 4.78 is 17.5. The molecule has 3 rings (SSSR count). The molecule has 7 heteroatoms. The third-order valence-corrected chi connectivity index (χ3v) is 3.79. The first-order valence-electron chi connectivity index (χ1n) is 7.87. The summed E-state index contributed by atoms with van der Waals surface area (Å²) in [4.78, 5) is 12.5. The van der Waals surface area contributed by atoms with Crippen LogP contribution in [0.5, 0.6) is 17.2 Å². The van der Waals surface area contributed by atoms with E-state index < -0.39 is 0 Å². The second kappa shape index (κ2) is 7.60. The molecule has 0 unspecified atom stereocenters. The summed E-state index contributed by atoms with van der Waals surface area (Å²) in [5.74, 6) is 1.09. The Hall–Kier alpha value is -3.48. The Morgan fingerprint density at radius 1 is 1.00 bits per heavy atom. The fourth-order valence-corrected chi connectivity index (χ4v) is 2.52. The van der Waals surface area contributed by atoms with Crippen molar-refractivity contribution in [3.05, 3.63) is 60.4 Å². The van der Waals surface area contributed by atoms with Gasteiger partial charge in [0.2, 0.25) is 5.75 Å². The van der Waals surface area contributed by atoms with Gasteiger partial charge in [0.25, 0.3) is 5.91 Å². The van der Waals surface area contributed by atoms with Crippen LogP contribution in [0.25, 0.3) is 5.69 Å². The van der Waals surface area contributed by atoms with E-state index in [4.69, 9.17) is 14.2 Å². The van der Waals surface area contributed by atoms with Crippen molar-refractivity contribution in [3.63, 3.8) is 0 Å². The van der Waals surface area contributed by atoms with Gasteiger partial charge in [0.1, 0.15) is 0 Å². The maximum Gasteiger partial charge on any atom is 0.258 e. The molecule has 0 saturated heterocycles. The number of nitrogens with zero attached hydrogens (tertiary/aromatic N) is 2.